The fourth-order valence-corrected chi connectivity index (χ4v) is 6.37. The van der Waals surface area contributed by atoms with E-state index in [9.17, 15) is 8.42 Å². The van der Waals surface area contributed by atoms with Gasteiger partial charge in [0.2, 0.25) is 0 Å². The van der Waals surface area contributed by atoms with Gasteiger partial charge in [-0.2, -0.15) is 0 Å². The number of benzene rings is 1. The topological polar surface area (TPSA) is 62.3 Å². The molecular formula is C18H19BrClN3O2S2. The highest BCUT2D eigenvalue weighted by Gasteiger charge is 2.22. The van der Waals surface area contributed by atoms with Gasteiger partial charge in [-0.3, -0.25) is 0 Å². The average Bonchev–Trinajstić information content (AvgIpc) is 3.07. The number of piperazine rings is 1. The maximum Gasteiger partial charge on any atom is 0.191 e. The molecule has 0 unspecified atom stereocenters. The van der Waals surface area contributed by atoms with Gasteiger partial charge in [-0.25, -0.2) is 13.4 Å². The number of hydrogen-bond acceptors (Lipinski definition) is 6. The number of hydrogen-bond donors (Lipinski definition) is 1. The quantitative estimate of drug-likeness (QED) is 0.604. The number of aromatic nitrogens is 1. The molecule has 0 radical (unpaired) electrons. The highest BCUT2D eigenvalue weighted by molar-refractivity contribution is 9.10. The molecule has 2 aromatic heterocycles. The molecule has 1 aliphatic heterocycles. The zero-order valence-corrected chi connectivity index (χ0v) is 18.4. The summed E-state index contributed by atoms with van der Waals surface area (Å²) >= 11 is 4.72. The van der Waals surface area contributed by atoms with E-state index < -0.39 is 9.84 Å². The van der Waals surface area contributed by atoms with E-state index in [1.54, 1.807) is 12.3 Å². The molecule has 4 rings (SSSR count). The van der Waals surface area contributed by atoms with Crippen LogP contribution >= 0.6 is 39.7 Å². The molecular weight excluding hydrogens is 470 g/mol. The van der Waals surface area contributed by atoms with E-state index in [-0.39, 0.29) is 18.2 Å². The van der Waals surface area contributed by atoms with Crippen molar-refractivity contribution in [2.75, 3.05) is 31.1 Å². The fraction of sp³-hybridized carbons (Fsp3) is 0.278. The molecule has 27 heavy (non-hydrogen) atoms. The summed E-state index contributed by atoms with van der Waals surface area (Å²) in [6.07, 6.45) is 1.76. The van der Waals surface area contributed by atoms with Crippen LogP contribution in [0.15, 0.2) is 51.3 Å². The molecule has 0 bridgehead atoms. The molecule has 0 amide bonds. The van der Waals surface area contributed by atoms with Crippen molar-refractivity contribution in [2.45, 2.75) is 9.96 Å². The highest BCUT2D eigenvalue weighted by Crippen LogP contribution is 2.35. The van der Waals surface area contributed by atoms with Crippen molar-refractivity contribution in [1.82, 2.24) is 10.3 Å². The van der Waals surface area contributed by atoms with Crippen molar-refractivity contribution >= 4 is 65.4 Å². The predicted octanol–water partition coefficient (Wildman–Crippen LogP) is 3.86. The molecule has 1 fully saturated rings. The maximum atomic E-state index is 12.9. The van der Waals surface area contributed by atoms with Gasteiger partial charge in [0.1, 0.15) is 10.0 Å². The number of pyridine rings is 1. The van der Waals surface area contributed by atoms with Crippen LogP contribution in [0.25, 0.3) is 10.1 Å². The molecule has 9 heteroatoms. The van der Waals surface area contributed by atoms with Crippen LogP contribution in [0.4, 0.5) is 5.82 Å². The summed E-state index contributed by atoms with van der Waals surface area (Å²) in [4.78, 5) is 6.74. The Balaban J connectivity index is 0.00000210. The third-order valence-electron chi connectivity index (χ3n) is 4.37. The smallest absolute Gasteiger partial charge is 0.191 e. The van der Waals surface area contributed by atoms with Crippen molar-refractivity contribution in [2.24, 2.45) is 0 Å². The van der Waals surface area contributed by atoms with Crippen LogP contribution in [0.1, 0.15) is 5.56 Å². The van der Waals surface area contributed by atoms with Gasteiger partial charge in [0.15, 0.2) is 9.84 Å². The third-order valence-corrected chi connectivity index (χ3v) is 8.21. The van der Waals surface area contributed by atoms with Gasteiger partial charge in [0.05, 0.1) is 5.75 Å². The molecule has 1 N–H and O–H groups in total. The second-order valence-corrected chi connectivity index (χ2v) is 10.5. The molecule has 1 aromatic carbocycles. The Hall–Kier alpha value is -1.19. The van der Waals surface area contributed by atoms with Crippen molar-refractivity contribution in [3.63, 3.8) is 0 Å². The van der Waals surface area contributed by atoms with Crippen molar-refractivity contribution in [3.8, 4) is 0 Å². The van der Waals surface area contributed by atoms with Crippen LogP contribution in [-0.2, 0) is 15.6 Å². The monoisotopic (exact) mass is 487 g/mol. The summed E-state index contributed by atoms with van der Waals surface area (Å²) in [5.74, 6) is 0.875. The van der Waals surface area contributed by atoms with E-state index >= 15 is 0 Å². The van der Waals surface area contributed by atoms with Crippen LogP contribution in [0.3, 0.4) is 0 Å². The van der Waals surface area contributed by atoms with Crippen molar-refractivity contribution in [1.29, 1.82) is 0 Å². The van der Waals surface area contributed by atoms with E-state index in [1.807, 2.05) is 30.3 Å². The summed E-state index contributed by atoms with van der Waals surface area (Å²) in [6, 6.07) is 11.1. The van der Waals surface area contributed by atoms with Gasteiger partial charge in [0.25, 0.3) is 0 Å². The predicted molar refractivity (Wildman–Crippen MR) is 117 cm³/mol. The Morgan fingerprint density at radius 2 is 1.96 bits per heavy atom. The zero-order valence-electron chi connectivity index (χ0n) is 14.4. The molecule has 144 valence electrons. The molecule has 0 spiro atoms. The normalized spacial score (nSPS) is 14.9. The number of nitrogens with zero attached hydrogens (tertiary/aromatic N) is 2. The lowest BCUT2D eigenvalue weighted by atomic mass is 10.2. The van der Waals surface area contributed by atoms with Crippen molar-refractivity contribution < 1.29 is 8.42 Å². The van der Waals surface area contributed by atoms with Gasteiger partial charge in [-0.1, -0.05) is 28.1 Å². The van der Waals surface area contributed by atoms with E-state index in [4.69, 9.17) is 0 Å². The third kappa shape index (κ3) is 4.46. The lowest BCUT2D eigenvalue weighted by Crippen LogP contribution is -2.43. The number of rotatable bonds is 4. The molecule has 3 heterocycles. The SMILES string of the molecule is Cl.O=S(=O)(Cc1cccc(Br)c1)c1cc2c(N3CCNCC3)nccc2s1. The number of fused-ring (bicyclic) bond motifs is 1. The standard InChI is InChI=1S/C18H18BrN3O2S2.ClH/c19-14-3-1-2-13(10-14)12-26(23,24)17-11-15-16(25-17)4-5-21-18(15)22-8-6-20-7-9-22;/h1-5,10-11,20H,6-9,12H2;1H. The summed E-state index contributed by atoms with van der Waals surface area (Å²) in [5.41, 5.74) is 0.775. The molecule has 0 aliphatic carbocycles. The number of anilines is 1. The van der Waals surface area contributed by atoms with E-state index in [1.165, 1.54) is 11.3 Å². The van der Waals surface area contributed by atoms with Gasteiger partial charge < -0.3 is 10.2 Å². The Labute approximate surface area is 177 Å². The highest BCUT2D eigenvalue weighted by atomic mass is 79.9. The summed E-state index contributed by atoms with van der Waals surface area (Å²) < 4.78 is 28.1. The van der Waals surface area contributed by atoms with Gasteiger partial charge in [-0.15, -0.1) is 23.7 Å². The minimum atomic E-state index is -3.40. The number of thiophene rings is 1. The summed E-state index contributed by atoms with van der Waals surface area (Å²) in [7, 11) is -3.40. The van der Waals surface area contributed by atoms with Crippen LogP contribution in [0.2, 0.25) is 0 Å². The van der Waals surface area contributed by atoms with Crippen LogP contribution in [-0.4, -0.2) is 39.6 Å². The van der Waals surface area contributed by atoms with Gasteiger partial charge in [-0.05, 0) is 29.8 Å². The minimum Gasteiger partial charge on any atom is -0.354 e. The van der Waals surface area contributed by atoms with Gasteiger partial charge in [0, 0.05) is 46.9 Å². The number of nitrogens with one attached hydrogen (secondary N) is 1. The first kappa shape index (κ1) is 20.5. The minimum absolute atomic E-state index is 0. The second-order valence-electron chi connectivity index (χ2n) is 6.24. The van der Waals surface area contributed by atoms with Gasteiger partial charge >= 0.3 is 0 Å². The Morgan fingerprint density at radius 3 is 2.70 bits per heavy atom. The number of halogens is 2. The number of sulfone groups is 1. The van der Waals surface area contributed by atoms with E-state index in [0.717, 1.165) is 52.1 Å². The van der Waals surface area contributed by atoms with Crippen LogP contribution < -0.4 is 10.2 Å². The summed E-state index contributed by atoms with van der Waals surface area (Å²) in [6.45, 7) is 3.58. The second kappa shape index (κ2) is 8.45. The zero-order chi connectivity index (χ0) is 18.1. The Bertz CT molecular complexity index is 1050. The largest absolute Gasteiger partial charge is 0.354 e. The first-order valence-electron chi connectivity index (χ1n) is 8.34. The maximum absolute atomic E-state index is 12.9. The Kier molecular flexibility index (Phi) is 6.43. The lowest BCUT2D eigenvalue weighted by molar-refractivity contribution is 0.586. The lowest BCUT2D eigenvalue weighted by Gasteiger charge is -2.28. The van der Waals surface area contributed by atoms with Crippen LogP contribution in [0.5, 0.6) is 0 Å². The fourth-order valence-electron chi connectivity index (χ4n) is 3.12. The average molecular weight is 489 g/mol. The van der Waals surface area contributed by atoms with E-state index in [2.05, 4.69) is 31.1 Å². The van der Waals surface area contributed by atoms with Crippen LogP contribution in [0, 0.1) is 0 Å². The van der Waals surface area contributed by atoms with E-state index in [0.29, 0.717) is 4.21 Å². The Morgan fingerprint density at radius 1 is 1.19 bits per heavy atom. The molecule has 5 nitrogen and oxygen atoms in total. The first-order valence-corrected chi connectivity index (χ1v) is 11.6. The van der Waals surface area contributed by atoms with Crippen molar-refractivity contribution in [3.05, 3.63) is 52.6 Å². The first-order chi connectivity index (χ1) is 12.5. The molecule has 0 saturated carbocycles. The summed E-state index contributed by atoms with van der Waals surface area (Å²) in [5, 5.41) is 4.25. The molecule has 1 saturated heterocycles. The molecule has 3 aromatic rings. The molecule has 0 atom stereocenters. The molecule has 1 aliphatic rings.